The molecule has 4 nitrogen and oxygen atoms in total. The van der Waals surface area contributed by atoms with Crippen LogP contribution in [0, 0.1) is 13.8 Å². The lowest BCUT2D eigenvalue weighted by Gasteiger charge is -2.28. The van der Waals surface area contributed by atoms with Crippen molar-refractivity contribution in [2.45, 2.75) is 32.7 Å². The number of hydrogen-bond donors (Lipinski definition) is 1. The molecule has 1 aromatic heterocycles. The van der Waals surface area contributed by atoms with Crippen molar-refractivity contribution in [2.75, 3.05) is 19.6 Å². The summed E-state index contributed by atoms with van der Waals surface area (Å²) in [5.74, 6) is -0.102. The molecule has 0 radical (unpaired) electrons. The van der Waals surface area contributed by atoms with Gasteiger partial charge in [-0.2, -0.15) is 0 Å². The van der Waals surface area contributed by atoms with E-state index in [1.807, 2.05) is 19.1 Å². The normalized spacial score (nSPS) is 16.1. The number of carbonyl (C=O) groups excluding carboxylic acids is 1. The van der Waals surface area contributed by atoms with Crippen LogP contribution < -0.4 is 5.32 Å². The number of aryl methyl sites for hydroxylation is 2. The smallest absolute Gasteiger partial charge is 0.269 e. The molecular weight excluding hydrogens is 298 g/mol. The van der Waals surface area contributed by atoms with E-state index in [0.29, 0.717) is 12.2 Å². The second-order valence-corrected chi connectivity index (χ2v) is 6.54. The monoisotopic (exact) mass is 323 g/mol. The number of rotatable bonds is 5. The summed E-state index contributed by atoms with van der Waals surface area (Å²) < 4.78 is 0. The lowest BCUT2D eigenvalue weighted by molar-refractivity contribution is 0.0932. The average molecular weight is 323 g/mol. The van der Waals surface area contributed by atoms with E-state index in [-0.39, 0.29) is 11.9 Å². The zero-order valence-electron chi connectivity index (χ0n) is 14.5. The Morgan fingerprint density at radius 3 is 2.50 bits per heavy atom. The number of nitrogens with zero attached hydrogens (tertiary/aromatic N) is 2. The van der Waals surface area contributed by atoms with Gasteiger partial charge < -0.3 is 5.32 Å². The van der Waals surface area contributed by atoms with Crippen LogP contribution in [0.4, 0.5) is 0 Å². The zero-order valence-corrected chi connectivity index (χ0v) is 14.5. The van der Waals surface area contributed by atoms with Crippen molar-refractivity contribution in [3.8, 4) is 0 Å². The fraction of sp³-hybridized carbons (Fsp3) is 0.400. The minimum atomic E-state index is -0.102. The highest BCUT2D eigenvalue weighted by molar-refractivity contribution is 5.92. The number of carbonyl (C=O) groups is 1. The van der Waals surface area contributed by atoms with Gasteiger partial charge in [-0.1, -0.05) is 35.9 Å². The minimum Gasteiger partial charge on any atom is -0.349 e. The molecule has 1 fully saturated rings. The second-order valence-electron chi connectivity index (χ2n) is 6.54. The summed E-state index contributed by atoms with van der Waals surface area (Å²) in [4.78, 5) is 19.2. The van der Waals surface area contributed by atoms with Crippen LogP contribution in [0.3, 0.4) is 0 Å². The van der Waals surface area contributed by atoms with Gasteiger partial charge in [-0.15, -0.1) is 0 Å². The van der Waals surface area contributed by atoms with Crippen molar-refractivity contribution < 1.29 is 4.79 Å². The van der Waals surface area contributed by atoms with E-state index >= 15 is 0 Å². The Morgan fingerprint density at radius 2 is 1.83 bits per heavy atom. The third-order valence-corrected chi connectivity index (χ3v) is 4.62. The molecule has 1 saturated heterocycles. The van der Waals surface area contributed by atoms with Crippen molar-refractivity contribution in [3.05, 3.63) is 65.0 Å². The molecule has 0 spiro atoms. The van der Waals surface area contributed by atoms with E-state index in [1.165, 1.54) is 24.0 Å². The molecule has 1 atom stereocenters. The van der Waals surface area contributed by atoms with E-state index < -0.39 is 0 Å². The summed E-state index contributed by atoms with van der Waals surface area (Å²) in [6, 6.07) is 14.4. The molecule has 0 bridgehead atoms. The van der Waals surface area contributed by atoms with E-state index in [2.05, 4.69) is 46.4 Å². The van der Waals surface area contributed by atoms with Gasteiger partial charge in [-0.25, -0.2) is 4.98 Å². The SMILES string of the molecule is Cc1ccc(C(CNC(=O)c2cccc(C)n2)N2CCCC2)cc1. The van der Waals surface area contributed by atoms with Crippen molar-refractivity contribution in [1.29, 1.82) is 0 Å². The molecular formula is C20H25N3O. The van der Waals surface area contributed by atoms with Crippen LogP contribution >= 0.6 is 0 Å². The van der Waals surface area contributed by atoms with Crippen LogP contribution in [0.25, 0.3) is 0 Å². The summed E-state index contributed by atoms with van der Waals surface area (Å²) in [5.41, 5.74) is 3.86. The number of pyridine rings is 1. The standard InChI is InChI=1S/C20H25N3O/c1-15-8-10-17(11-9-15)19(23-12-3-4-13-23)14-21-20(24)18-7-5-6-16(2)22-18/h5-11,19H,3-4,12-14H2,1-2H3,(H,21,24). The predicted octanol–water partition coefficient (Wildman–Crippen LogP) is 3.27. The van der Waals surface area contributed by atoms with Crippen LogP contribution in [-0.4, -0.2) is 35.4 Å². The highest BCUT2D eigenvalue weighted by Crippen LogP contribution is 2.25. The number of amides is 1. The lowest BCUT2D eigenvalue weighted by atomic mass is 10.0. The molecule has 3 rings (SSSR count). The van der Waals surface area contributed by atoms with Crippen LogP contribution in [0.2, 0.25) is 0 Å². The molecule has 1 aliphatic heterocycles. The molecule has 2 aromatic rings. The third kappa shape index (κ3) is 4.01. The Morgan fingerprint density at radius 1 is 1.12 bits per heavy atom. The topological polar surface area (TPSA) is 45.2 Å². The first-order valence-corrected chi connectivity index (χ1v) is 8.66. The first-order valence-electron chi connectivity index (χ1n) is 8.66. The average Bonchev–Trinajstić information content (AvgIpc) is 3.11. The van der Waals surface area contributed by atoms with Crippen LogP contribution in [0.5, 0.6) is 0 Å². The Hall–Kier alpha value is -2.20. The molecule has 2 heterocycles. The number of aromatic nitrogens is 1. The molecule has 0 saturated carbocycles. The summed E-state index contributed by atoms with van der Waals surface area (Å²) in [5, 5.41) is 3.07. The molecule has 1 aliphatic rings. The molecule has 4 heteroatoms. The highest BCUT2D eigenvalue weighted by Gasteiger charge is 2.24. The van der Waals surface area contributed by atoms with Gasteiger partial charge in [0.25, 0.3) is 5.91 Å². The molecule has 24 heavy (non-hydrogen) atoms. The molecule has 1 aromatic carbocycles. The van der Waals surface area contributed by atoms with Crippen LogP contribution in [0.1, 0.15) is 46.2 Å². The van der Waals surface area contributed by atoms with E-state index in [4.69, 9.17) is 0 Å². The fourth-order valence-corrected chi connectivity index (χ4v) is 3.25. The first-order chi connectivity index (χ1) is 11.6. The maximum absolute atomic E-state index is 12.4. The van der Waals surface area contributed by atoms with Gasteiger partial charge >= 0.3 is 0 Å². The number of likely N-dealkylation sites (tertiary alicyclic amines) is 1. The first kappa shape index (κ1) is 16.7. The van der Waals surface area contributed by atoms with Gasteiger partial charge in [0, 0.05) is 12.2 Å². The lowest BCUT2D eigenvalue weighted by Crippen LogP contribution is -2.37. The Labute approximate surface area is 143 Å². The van der Waals surface area contributed by atoms with E-state index in [9.17, 15) is 4.79 Å². The largest absolute Gasteiger partial charge is 0.349 e. The molecule has 1 unspecified atom stereocenters. The summed E-state index contributed by atoms with van der Waals surface area (Å²) in [7, 11) is 0. The van der Waals surface area contributed by atoms with E-state index in [0.717, 1.165) is 18.8 Å². The summed E-state index contributed by atoms with van der Waals surface area (Å²) >= 11 is 0. The zero-order chi connectivity index (χ0) is 16.9. The molecule has 1 amide bonds. The predicted molar refractivity (Wildman–Crippen MR) is 96.0 cm³/mol. The van der Waals surface area contributed by atoms with E-state index in [1.54, 1.807) is 6.07 Å². The molecule has 0 aliphatic carbocycles. The number of benzene rings is 1. The van der Waals surface area contributed by atoms with Gasteiger partial charge in [0.05, 0.1) is 6.04 Å². The maximum atomic E-state index is 12.4. The Balaban J connectivity index is 1.72. The van der Waals surface area contributed by atoms with Gasteiger partial charge in [0.15, 0.2) is 0 Å². The molecule has 1 N–H and O–H groups in total. The van der Waals surface area contributed by atoms with Crippen molar-refractivity contribution >= 4 is 5.91 Å². The Bertz CT molecular complexity index is 690. The summed E-state index contributed by atoms with van der Waals surface area (Å²) in [6.45, 7) is 6.79. The quantitative estimate of drug-likeness (QED) is 0.918. The third-order valence-electron chi connectivity index (χ3n) is 4.62. The van der Waals surface area contributed by atoms with Crippen molar-refractivity contribution in [3.63, 3.8) is 0 Å². The summed E-state index contributed by atoms with van der Waals surface area (Å²) in [6.07, 6.45) is 2.46. The van der Waals surface area contributed by atoms with Gasteiger partial charge in [0.2, 0.25) is 0 Å². The highest BCUT2D eigenvalue weighted by atomic mass is 16.1. The van der Waals surface area contributed by atoms with Crippen molar-refractivity contribution in [1.82, 2.24) is 15.2 Å². The van der Waals surface area contributed by atoms with Crippen molar-refractivity contribution in [2.24, 2.45) is 0 Å². The van der Waals surface area contributed by atoms with Gasteiger partial charge in [-0.05, 0) is 57.5 Å². The second kappa shape index (κ2) is 7.58. The minimum absolute atomic E-state index is 0.102. The Kier molecular flexibility index (Phi) is 5.26. The fourth-order valence-electron chi connectivity index (χ4n) is 3.25. The maximum Gasteiger partial charge on any atom is 0.269 e. The van der Waals surface area contributed by atoms with Gasteiger partial charge in [-0.3, -0.25) is 9.69 Å². The van der Waals surface area contributed by atoms with Crippen LogP contribution in [-0.2, 0) is 0 Å². The number of hydrogen-bond acceptors (Lipinski definition) is 3. The molecule has 126 valence electrons. The number of nitrogens with one attached hydrogen (secondary N) is 1. The van der Waals surface area contributed by atoms with Crippen LogP contribution in [0.15, 0.2) is 42.5 Å². The van der Waals surface area contributed by atoms with Gasteiger partial charge in [0.1, 0.15) is 5.69 Å².